The molecule has 1 aromatic carbocycles. The summed E-state index contributed by atoms with van der Waals surface area (Å²) < 4.78 is 1.80. The van der Waals surface area contributed by atoms with Gasteiger partial charge in [0.05, 0.1) is 24.2 Å². The zero-order valence-corrected chi connectivity index (χ0v) is 13.8. The van der Waals surface area contributed by atoms with E-state index in [1.165, 1.54) is 0 Å². The third-order valence-corrected chi connectivity index (χ3v) is 4.84. The maximum absolute atomic E-state index is 12.8. The predicted octanol–water partition coefficient (Wildman–Crippen LogP) is 2.18. The van der Waals surface area contributed by atoms with Crippen molar-refractivity contribution < 1.29 is 14.7 Å². The van der Waals surface area contributed by atoms with E-state index in [-0.39, 0.29) is 11.9 Å². The fourth-order valence-electron chi connectivity index (χ4n) is 3.28. The highest BCUT2D eigenvalue weighted by atomic mass is 16.4. The Hall–Kier alpha value is -2.63. The first-order valence-electron chi connectivity index (χ1n) is 8.09. The van der Waals surface area contributed by atoms with Crippen LogP contribution in [-0.4, -0.2) is 44.3 Å². The summed E-state index contributed by atoms with van der Waals surface area (Å²) in [5.74, 6) is -1.47. The summed E-state index contributed by atoms with van der Waals surface area (Å²) in [6, 6.07) is 9.63. The Bertz CT molecular complexity index is 754. The average Bonchev–Trinajstić information content (AvgIpc) is 3.12. The number of carboxylic acid groups (broad SMARTS) is 1. The molecule has 1 aliphatic heterocycles. The predicted molar refractivity (Wildman–Crippen MR) is 88.7 cm³/mol. The normalized spacial score (nSPS) is 20.3. The van der Waals surface area contributed by atoms with Gasteiger partial charge in [-0.1, -0.05) is 30.3 Å². The van der Waals surface area contributed by atoms with Crippen molar-refractivity contribution in [2.45, 2.75) is 32.9 Å². The van der Waals surface area contributed by atoms with Crippen molar-refractivity contribution in [2.24, 2.45) is 5.92 Å². The minimum absolute atomic E-state index is 0.136. The van der Waals surface area contributed by atoms with E-state index in [0.717, 1.165) is 11.3 Å². The first-order chi connectivity index (χ1) is 11.5. The van der Waals surface area contributed by atoms with E-state index in [9.17, 15) is 14.7 Å². The molecule has 2 aromatic rings. The lowest BCUT2D eigenvalue weighted by Crippen LogP contribution is -2.37. The van der Waals surface area contributed by atoms with E-state index >= 15 is 0 Å². The van der Waals surface area contributed by atoms with Crippen LogP contribution in [0.5, 0.6) is 0 Å². The van der Waals surface area contributed by atoms with Crippen molar-refractivity contribution in [1.82, 2.24) is 14.7 Å². The molecule has 24 heavy (non-hydrogen) atoms. The lowest BCUT2D eigenvalue weighted by atomic mass is 10.0. The van der Waals surface area contributed by atoms with Crippen LogP contribution in [0.15, 0.2) is 36.5 Å². The van der Waals surface area contributed by atoms with Gasteiger partial charge < -0.3 is 10.0 Å². The van der Waals surface area contributed by atoms with Crippen molar-refractivity contribution in [3.8, 4) is 0 Å². The number of aliphatic carboxylic acids is 1. The smallest absolute Gasteiger partial charge is 0.308 e. The minimum Gasteiger partial charge on any atom is -0.481 e. The maximum Gasteiger partial charge on any atom is 0.308 e. The second-order valence-corrected chi connectivity index (χ2v) is 6.26. The van der Waals surface area contributed by atoms with Crippen LogP contribution in [0.1, 0.15) is 35.0 Å². The Morgan fingerprint density at radius 1 is 1.29 bits per heavy atom. The zero-order valence-electron chi connectivity index (χ0n) is 13.8. The second kappa shape index (κ2) is 6.47. The molecule has 2 heterocycles. The van der Waals surface area contributed by atoms with Crippen molar-refractivity contribution in [1.29, 1.82) is 0 Å². The molecule has 6 heteroatoms. The Kier molecular flexibility index (Phi) is 4.38. The summed E-state index contributed by atoms with van der Waals surface area (Å²) >= 11 is 0. The molecule has 6 nitrogen and oxygen atoms in total. The van der Waals surface area contributed by atoms with Crippen LogP contribution in [0.25, 0.3) is 0 Å². The number of benzene rings is 1. The van der Waals surface area contributed by atoms with E-state index in [0.29, 0.717) is 25.1 Å². The molecule has 0 aliphatic carbocycles. The van der Waals surface area contributed by atoms with Crippen molar-refractivity contribution in [3.63, 3.8) is 0 Å². The van der Waals surface area contributed by atoms with Gasteiger partial charge in [-0.15, -0.1) is 0 Å². The van der Waals surface area contributed by atoms with E-state index < -0.39 is 11.9 Å². The number of carbonyl (C=O) groups is 2. The molecule has 1 N–H and O–H groups in total. The molecule has 1 aliphatic rings. The van der Waals surface area contributed by atoms with Gasteiger partial charge >= 0.3 is 5.97 Å². The molecule has 1 amide bonds. The van der Waals surface area contributed by atoms with Gasteiger partial charge in [-0.25, -0.2) is 0 Å². The number of rotatable bonds is 4. The summed E-state index contributed by atoms with van der Waals surface area (Å²) in [5, 5.41) is 13.6. The van der Waals surface area contributed by atoms with Crippen molar-refractivity contribution in [2.75, 3.05) is 6.54 Å². The topological polar surface area (TPSA) is 75.4 Å². The fraction of sp³-hybridized carbons (Fsp3) is 0.389. The van der Waals surface area contributed by atoms with Gasteiger partial charge in [0.1, 0.15) is 0 Å². The van der Waals surface area contributed by atoms with Crippen LogP contribution < -0.4 is 0 Å². The van der Waals surface area contributed by atoms with E-state index in [1.54, 1.807) is 22.7 Å². The molecule has 0 bridgehead atoms. The highest BCUT2D eigenvalue weighted by Gasteiger charge is 2.39. The zero-order chi connectivity index (χ0) is 17.3. The molecule has 0 saturated carbocycles. The largest absolute Gasteiger partial charge is 0.481 e. The number of hydrogen-bond acceptors (Lipinski definition) is 3. The van der Waals surface area contributed by atoms with Gasteiger partial charge in [-0.2, -0.15) is 5.10 Å². The first kappa shape index (κ1) is 16.2. The van der Waals surface area contributed by atoms with Gasteiger partial charge in [0.2, 0.25) is 0 Å². The van der Waals surface area contributed by atoms with Crippen LogP contribution in [0.4, 0.5) is 0 Å². The van der Waals surface area contributed by atoms with Crippen LogP contribution in [0.2, 0.25) is 0 Å². The quantitative estimate of drug-likeness (QED) is 0.934. The molecular weight excluding hydrogens is 306 g/mol. The lowest BCUT2D eigenvalue weighted by molar-refractivity contribution is -0.142. The lowest BCUT2D eigenvalue weighted by Gasteiger charge is -2.23. The Morgan fingerprint density at radius 2 is 2.00 bits per heavy atom. The monoisotopic (exact) mass is 327 g/mol. The summed E-state index contributed by atoms with van der Waals surface area (Å²) in [6.07, 6.45) is 2.08. The van der Waals surface area contributed by atoms with Gasteiger partial charge in [0.25, 0.3) is 5.91 Å². The third-order valence-electron chi connectivity index (χ3n) is 4.84. The Labute approximate surface area is 140 Å². The number of carbonyl (C=O) groups excluding carboxylic acids is 1. The molecule has 1 saturated heterocycles. The summed E-state index contributed by atoms with van der Waals surface area (Å²) in [6.45, 7) is 4.75. The fourth-order valence-corrected chi connectivity index (χ4v) is 3.28. The van der Waals surface area contributed by atoms with Crippen molar-refractivity contribution >= 4 is 11.9 Å². The second-order valence-electron chi connectivity index (χ2n) is 6.26. The summed E-state index contributed by atoms with van der Waals surface area (Å²) in [4.78, 5) is 25.7. The summed E-state index contributed by atoms with van der Waals surface area (Å²) in [5.41, 5.74) is 2.46. The van der Waals surface area contributed by atoms with E-state index in [4.69, 9.17) is 0 Å². The molecule has 1 fully saturated rings. The molecule has 1 aromatic heterocycles. The average molecular weight is 327 g/mol. The maximum atomic E-state index is 12.8. The number of nitrogens with zero attached hydrogens (tertiary/aromatic N) is 3. The van der Waals surface area contributed by atoms with E-state index in [1.807, 2.05) is 37.3 Å². The number of aromatic nitrogens is 2. The number of amides is 1. The van der Waals surface area contributed by atoms with Gasteiger partial charge in [0, 0.05) is 18.3 Å². The highest BCUT2D eigenvalue weighted by Crippen LogP contribution is 2.26. The molecular formula is C18H21N3O3. The molecule has 2 atom stereocenters. The number of carboxylic acids is 1. The standard InChI is InChI=1S/C18H21N3O3/c1-12-15(18(23)24)8-9-20(12)17(22)16-10-19-21(13(16)2)11-14-6-4-3-5-7-14/h3-7,10,12,15H,8-9,11H2,1-2H3,(H,23,24). The molecule has 2 unspecified atom stereocenters. The first-order valence-corrected chi connectivity index (χ1v) is 8.09. The van der Waals surface area contributed by atoms with Crippen LogP contribution in [0.3, 0.4) is 0 Å². The Balaban J connectivity index is 1.78. The SMILES string of the molecule is Cc1c(C(=O)N2CCC(C(=O)O)C2C)cnn1Cc1ccccc1. The highest BCUT2D eigenvalue weighted by molar-refractivity contribution is 5.96. The molecule has 126 valence electrons. The Morgan fingerprint density at radius 3 is 2.62 bits per heavy atom. The van der Waals surface area contributed by atoms with Crippen LogP contribution in [-0.2, 0) is 11.3 Å². The van der Waals surface area contributed by atoms with Crippen molar-refractivity contribution in [3.05, 3.63) is 53.3 Å². The van der Waals surface area contributed by atoms with Gasteiger partial charge in [0.15, 0.2) is 0 Å². The minimum atomic E-state index is -0.839. The third kappa shape index (κ3) is 2.91. The molecule has 3 rings (SSSR count). The van der Waals surface area contributed by atoms with Crippen LogP contribution in [0, 0.1) is 12.8 Å². The molecule has 0 radical (unpaired) electrons. The summed E-state index contributed by atoms with van der Waals surface area (Å²) in [7, 11) is 0. The number of hydrogen-bond donors (Lipinski definition) is 1. The number of likely N-dealkylation sites (tertiary alicyclic amines) is 1. The van der Waals surface area contributed by atoms with E-state index in [2.05, 4.69) is 5.10 Å². The van der Waals surface area contributed by atoms with Crippen LogP contribution >= 0.6 is 0 Å². The van der Waals surface area contributed by atoms with Gasteiger partial charge in [-0.3, -0.25) is 14.3 Å². The van der Waals surface area contributed by atoms with Gasteiger partial charge in [-0.05, 0) is 25.8 Å². The molecule has 0 spiro atoms.